The Morgan fingerprint density at radius 2 is 1.47 bits per heavy atom. The van der Waals surface area contributed by atoms with Gasteiger partial charge < -0.3 is 20.9 Å². The number of hydrogen-bond donors (Lipinski definition) is 3. The zero-order valence-electron chi connectivity index (χ0n) is 17.2. The molecular formula is C25H22N2O5. The van der Waals surface area contributed by atoms with Gasteiger partial charge in [0.1, 0.15) is 6.61 Å². The van der Waals surface area contributed by atoms with Crippen LogP contribution < -0.4 is 11.1 Å². The predicted octanol–water partition coefficient (Wildman–Crippen LogP) is 3.84. The molecule has 1 aliphatic rings. The first-order valence-corrected chi connectivity index (χ1v) is 10.2. The molecule has 0 saturated carbocycles. The molecule has 0 aliphatic heterocycles. The van der Waals surface area contributed by atoms with Gasteiger partial charge in [0, 0.05) is 5.92 Å². The van der Waals surface area contributed by atoms with E-state index in [9.17, 15) is 14.4 Å². The van der Waals surface area contributed by atoms with E-state index in [1.54, 1.807) is 12.1 Å². The Labute approximate surface area is 184 Å². The highest BCUT2D eigenvalue weighted by molar-refractivity contribution is 5.87. The summed E-state index contributed by atoms with van der Waals surface area (Å²) in [7, 11) is 0. The zero-order chi connectivity index (χ0) is 22.7. The van der Waals surface area contributed by atoms with Crippen molar-refractivity contribution in [2.75, 3.05) is 6.61 Å². The molecule has 7 heteroatoms. The van der Waals surface area contributed by atoms with E-state index in [2.05, 4.69) is 17.4 Å². The second kappa shape index (κ2) is 8.93. The Morgan fingerprint density at radius 1 is 0.906 bits per heavy atom. The van der Waals surface area contributed by atoms with Crippen molar-refractivity contribution in [3.8, 4) is 11.1 Å². The molecule has 3 aromatic carbocycles. The zero-order valence-corrected chi connectivity index (χ0v) is 17.2. The number of carboxylic acid groups (broad SMARTS) is 1. The summed E-state index contributed by atoms with van der Waals surface area (Å²) in [6, 6.07) is 21.2. The minimum Gasteiger partial charge on any atom is -0.478 e. The molecule has 0 bridgehead atoms. The van der Waals surface area contributed by atoms with E-state index in [0.717, 1.165) is 22.3 Å². The lowest BCUT2D eigenvalue weighted by atomic mass is 9.98. The Morgan fingerprint density at radius 3 is 2.00 bits per heavy atom. The van der Waals surface area contributed by atoms with Gasteiger partial charge in [0.2, 0.25) is 5.91 Å². The fourth-order valence-corrected chi connectivity index (χ4v) is 4.09. The molecule has 0 fully saturated rings. The molecule has 0 radical (unpaired) electrons. The summed E-state index contributed by atoms with van der Waals surface area (Å²) >= 11 is 0. The molecule has 3 aromatic rings. The number of primary amides is 1. The standard InChI is InChI=1S/C25H22N2O5/c26-23(28)13-22(15-9-11-16(12-10-15)24(29)30)27-25(31)32-14-21-19-7-3-1-5-17(19)18-6-2-4-8-20(18)21/h1-12,21-22H,13-14H2,(H2,26,28)(H,27,31)(H,29,30). The molecule has 0 heterocycles. The highest BCUT2D eigenvalue weighted by Gasteiger charge is 2.29. The van der Waals surface area contributed by atoms with Crippen molar-refractivity contribution in [3.05, 3.63) is 95.1 Å². The maximum absolute atomic E-state index is 12.6. The van der Waals surface area contributed by atoms with E-state index in [0.29, 0.717) is 5.56 Å². The Kier molecular flexibility index (Phi) is 5.89. The lowest BCUT2D eigenvalue weighted by Gasteiger charge is -2.19. The molecule has 4 rings (SSSR count). The van der Waals surface area contributed by atoms with Crippen molar-refractivity contribution >= 4 is 18.0 Å². The quantitative estimate of drug-likeness (QED) is 0.526. The number of carboxylic acids is 1. The second-order valence-corrected chi connectivity index (χ2v) is 7.62. The van der Waals surface area contributed by atoms with Gasteiger partial charge in [-0.05, 0) is 39.9 Å². The largest absolute Gasteiger partial charge is 0.478 e. The number of amides is 2. The van der Waals surface area contributed by atoms with Crippen LogP contribution in [0, 0.1) is 0 Å². The summed E-state index contributed by atoms with van der Waals surface area (Å²) in [6.45, 7) is 0.140. The molecule has 0 saturated heterocycles. The maximum Gasteiger partial charge on any atom is 0.407 e. The number of alkyl carbamates (subject to hydrolysis) is 1. The van der Waals surface area contributed by atoms with Crippen LogP contribution in [0.3, 0.4) is 0 Å². The summed E-state index contributed by atoms with van der Waals surface area (Å²) in [5.74, 6) is -1.75. The third-order valence-corrected chi connectivity index (χ3v) is 5.60. The van der Waals surface area contributed by atoms with Crippen molar-refractivity contribution in [3.63, 3.8) is 0 Å². The first-order chi connectivity index (χ1) is 15.4. The maximum atomic E-state index is 12.6. The van der Waals surface area contributed by atoms with Crippen LogP contribution in [0.15, 0.2) is 72.8 Å². The molecule has 2 amide bonds. The molecule has 162 valence electrons. The summed E-state index contributed by atoms with van der Waals surface area (Å²) in [5.41, 5.74) is 10.4. The van der Waals surface area contributed by atoms with Crippen LogP contribution in [-0.2, 0) is 9.53 Å². The number of nitrogens with one attached hydrogen (secondary N) is 1. The van der Waals surface area contributed by atoms with Crippen molar-refractivity contribution in [2.45, 2.75) is 18.4 Å². The van der Waals surface area contributed by atoms with Crippen molar-refractivity contribution in [2.24, 2.45) is 5.73 Å². The van der Waals surface area contributed by atoms with E-state index in [1.807, 2.05) is 36.4 Å². The molecule has 1 atom stereocenters. The predicted molar refractivity (Wildman–Crippen MR) is 118 cm³/mol. The van der Waals surface area contributed by atoms with Gasteiger partial charge in [0.25, 0.3) is 0 Å². The van der Waals surface area contributed by atoms with Crippen LogP contribution >= 0.6 is 0 Å². The van der Waals surface area contributed by atoms with E-state index in [-0.39, 0.29) is 24.5 Å². The van der Waals surface area contributed by atoms with Crippen LogP contribution in [0.4, 0.5) is 4.79 Å². The van der Waals surface area contributed by atoms with Gasteiger partial charge in [-0.25, -0.2) is 9.59 Å². The third-order valence-electron chi connectivity index (χ3n) is 5.60. The number of rotatable bonds is 7. The van der Waals surface area contributed by atoms with Gasteiger partial charge in [0.05, 0.1) is 18.0 Å². The van der Waals surface area contributed by atoms with Crippen LogP contribution in [-0.4, -0.2) is 29.7 Å². The number of carbonyl (C=O) groups excluding carboxylic acids is 2. The monoisotopic (exact) mass is 430 g/mol. The number of aromatic carboxylic acids is 1. The van der Waals surface area contributed by atoms with Crippen molar-refractivity contribution in [1.82, 2.24) is 5.32 Å². The van der Waals surface area contributed by atoms with Gasteiger partial charge in [-0.3, -0.25) is 4.79 Å². The molecule has 32 heavy (non-hydrogen) atoms. The minimum absolute atomic E-state index is 0.0856. The van der Waals surface area contributed by atoms with Crippen LogP contribution in [0.5, 0.6) is 0 Å². The van der Waals surface area contributed by atoms with E-state index in [1.165, 1.54) is 12.1 Å². The molecule has 0 aromatic heterocycles. The number of fused-ring (bicyclic) bond motifs is 3. The summed E-state index contributed by atoms with van der Waals surface area (Å²) in [6.07, 6.45) is -0.822. The Bertz CT molecular complexity index is 1130. The second-order valence-electron chi connectivity index (χ2n) is 7.62. The molecule has 4 N–H and O–H groups in total. The SMILES string of the molecule is NC(=O)CC(NC(=O)OCC1c2ccccc2-c2ccccc21)c1ccc(C(=O)O)cc1. The number of benzene rings is 3. The number of carbonyl (C=O) groups is 3. The highest BCUT2D eigenvalue weighted by atomic mass is 16.5. The summed E-state index contributed by atoms with van der Waals surface area (Å²) in [4.78, 5) is 35.2. The van der Waals surface area contributed by atoms with Crippen LogP contribution in [0.2, 0.25) is 0 Å². The van der Waals surface area contributed by atoms with Gasteiger partial charge in [-0.2, -0.15) is 0 Å². The van der Waals surface area contributed by atoms with Gasteiger partial charge in [-0.1, -0.05) is 60.7 Å². The van der Waals surface area contributed by atoms with Crippen molar-refractivity contribution in [1.29, 1.82) is 0 Å². The number of hydrogen-bond acceptors (Lipinski definition) is 4. The van der Waals surface area contributed by atoms with E-state index in [4.69, 9.17) is 15.6 Å². The summed E-state index contributed by atoms with van der Waals surface area (Å²) in [5, 5.41) is 11.7. The summed E-state index contributed by atoms with van der Waals surface area (Å²) < 4.78 is 5.54. The topological polar surface area (TPSA) is 119 Å². The normalized spacial score (nSPS) is 13.0. The molecular weight excluding hydrogens is 408 g/mol. The Balaban J connectivity index is 1.47. The average Bonchev–Trinajstić information content (AvgIpc) is 3.11. The van der Waals surface area contributed by atoms with Gasteiger partial charge in [0.15, 0.2) is 0 Å². The fraction of sp³-hybridized carbons (Fsp3) is 0.160. The lowest BCUT2D eigenvalue weighted by Crippen LogP contribution is -2.33. The average molecular weight is 430 g/mol. The molecule has 0 spiro atoms. The lowest BCUT2D eigenvalue weighted by molar-refractivity contribution is -0.118. The van der Waals surface area contributed by atoms with E-state index >= 15 is 0 Å². The van der Waals surface area contributed by atoms with Crippen LogP contribution in [0.25, 0.3) is 11.1 Å². The number of ether oxygens (including phenoxy) is 1. The third kappa shape index (κ3) is 4.32. The fourth-order valence-electron chi connectivity index (χ4n) is 4.09. The first kappa shape index (κ1) is 21.1. The van der Waals surface area contributed by atoms with Crippen LogP contribution in [0.1, 0.15) is 45.4 Å². The van der Waals surface area contributed by atoms with Gasteiger partial charge in [-0.15, -0.1) is 0 Å². The Hall–Kier alpha value is -4.13. The first-order valence-electron chi connectivity index (χ1n) is 10.2. The molecule has 1 aliphatic carbocycles. The van der Waals surface area contributed by atoms with Crippen molar-refractivity contribution < 1.29 is 24.2 Å². The number of nitrogens with two attached hydrogens (primary N) is 1. The van der Waals surface area contributed by atoms with Gasteiger partial charge >= 0.3 is 12.1 Å². The minimum atomic E-state index is -1.06. The molecule has 7 nitrogen and oxygen atoms in total. The molecule has 1 unspecified atom stereocenters. The highest BCUT2D eigenvalue weighted by Crippen LogP contribution is 2.44. The van der Waals surface area contributed by atoms with E-state index < -0.39 is 24.0 Å². The smallest absolute Gasteiger partial charge is 0.407 e.